The number of thiophene rings is 1. The van der Waals surface area contributed by atoms with Gasteiger partial charge in [-0.2, -0.15) is 0 Å². The molecule has 2 aromatic heterocycles. The van der Waals surface area contributed by atoms with Gasteiger partial charge in [0.2, 0.25) is 0 Å². The summed E-state index contributed by atoms with van der Waals surface area (Å²) in [7, 11) is 0. The van der Waals surface area contributed by atoms with Crippen LogP contribution in [0.2, 0.25) is 0 Å². The number of hydrogen-bond donors (Lipinski definition) is 2. The molecule has 0 aliphatic heterocycles. The van der Waals surface area contributed by atoms with Crippen LogP contribution >= 0.6 is 11.3 Å². The Bertz CT molecular complexity index is 1090. The maximum Gasteiger partial charge on any atom is 0.251 e. The molecule has 6 heteroatoms. The van der Waals surface area contributed by atoms with Crippen molar-refractivity contribution in [3.63, 3.8) is 0 Å². The van der Waals surface area contributed by atoms with Gasteiger partial charge in [-0.05, 0) is 41.3 Å². The number of fused-ring (bicyclic) bond motifs is 1. The Hall–Kier alpha value is -2.99. The van der Waals surface area contributed by atoms with Crippen molar-refractivity contribution in [2.45, 2.75) is 5.92 Å². The molecule has 0 saturated carbocycles. The van der Waals surface area contributed by atoms with Crippen molar-refractivity contribution in [3.05, 3.63) is 93.8 Å². The average Bonchev–Trinajstić information content (AvgIpc) is 3.35. The van der Waals surface area contributed by atoms with E-state index in [1.807, 2.05) is 48.0 Å². The molecule has 4 aromatic rings. The summed E-state index contributed by atoms with van der Waals surface area (Å²) < 4.78 is 26.5. The number of aromatic amines is 1. The van der Waals surface area contributed by atoms with Crippen molar-refractivity contribution >= 4 is 28.1 Å². The maximum atomic E-state index is 13.4. The molecule has 0 spiro atoms. The highest BCUT2D eigenvalue weighted by Crippen LogP contribution is 2.32. The molecule has 4 rings (SSSR count). The number of rotatable bonds is 5. The molecule has 1 atom stereocenters. The largest absolute Gasteiger partial charge is 0.361 e. The van der Waals surface area contributed by atoms with E-state index in [2.05, 4.69) is 10.3 Å². The molecule has 0 radical (unpaired) electrons. The van der Waals surface area contributed by atoms with Crippen LogP contribution in [0.1, 0.15) is 26.7 Å². The van der Waals surface area contributed by atoms with Crippen LogP contribution in [0.3, 0.4) is 0 Å². The third-order valence-corrected chi connectivity index (χ3v) is 5.52. The minimum absolute atomic E-state index is 0.0459. The summed E-state index contributed by atoms with van der Waals surface area (Å²) >= 11 is 1.61. The Morgan fingerprint density at radius 2 is 1.93 bits per heavy atom. The standard InChI is InChI=1S/C21H16F2N2OS/c22-17-8-7-13(10-18(17)23)21(26)25-12-16(20-6-3-9-27-20)15-11-24-19-5-2-1-4-14(15)19/h1-11,16,24H,12H2,(H,25,26). The molecule has 0 fully saturated rings. The number of carbonyl (C=O) groups is 1. The molecule has 2 aromatic carbocycles. The first kappa shape index (κ1) is 17.4. The van der Waals surface area contributed by atoms with Crippen LogP contribution in [0.4, 0.5) is 8.78 Å². The quantitative estimate of drug-likeness (QED) is 0.497. The van der Waals surface area contributed by atoms with E-state index in [0.29, 0.717) is 6.54 Å². The highest BCUT2D eigenvalue weighted by Gasteiger charge is 2.20. The average molecular weight is 382 g/mol. The summed E-state index contributed by atoms with van der Waals surface area (Å²) in [5, 5.41) is 5.94. The fourth-order valence-corrected chi connectivity index (χ4v) is 4.02. The predicted octanol–water partition coefficient (Wildman–Crippen LogP) is 5.07. The summed E-state index contributed by atoms with van der Waals surface area (Å²) in [6, 6.07) is 15.1. The lowest BCUT2D eigenvalue weighted by Gasteiger charge is -2.16. The second-order valence-corrected chi connectivity index (χ2v) is 7.18. The molecule has 0 saturated heterocycles. The Balaban J connectivity index is 1.61. The van der Waals surface area contributed by atoms with Gasteiger partial charge in [0.15, 0.2) is 11.6 Å². The summed E-state index contributed by atoms with van der Waals surface area (Å²) in [6.07, 6.45) is 1.96. The van der Waals surface area contributed by atoms with Crippen LogP contribution in [0.25, 0.3) is 10.9 Å². The van der Waals surface area contributed by atoms with E-state index >= 15 is 0 Å². The second-order valence-electron chi connectivity index (χ2n) is 6.20. The van der Waals surface area contributed by atoms with Gasteiger partial charge in [-0.1, -0.05) is 24.3 Å². The van der Waals surface area contributed by atoms with E-state index in [1.54, 1.807) is 11.3 Å². The van der Waals surface area contributed by atoms with Crippen molar-refractivity contribution in [1.29, 1.82) is 0 Å². The molecule has 2 N–H and O–H groups in total. The molecule has 2 heterocycles. The third kappa shape index (κ3) is 3.48. The monoisotopic (exact) mass is 382 g/mol. The first-order valence-corrected chi connectivity index (χ1v) is 9.34. The maximum absolute atomic E-state index is 13.4. The zero-order chi connectivity index (χ0) is 18.8. The molecule has 1 amide bonds. The Kier molecular flexibility index (Phi) is 4.73. The van der Waals surface area contributed by atoms with Crippen LogP contribution in [-0.2, 0) is 0 Å². The molecule has 0 bridgehead atoms. The van der Waals surface area contributed by atoms with Crippen LogP contribution in [-0.4, -0.2) is 17.4 Å². The molecule has 3 nitrogen and oxygen atoms in total. The number of H-pyrrole nitrogens is 1. The van der Waals surface area contributed by atoms with Gasteiger partial charge in [0, 0.05) is 40.0 Å². The smallest absolute Gasteiger partial charge is 0.251 e. The van der Waals surface area contributed by atoms with Crippen molar-refractivity contribution in [1.82, 2.24) is 10.3 Å². The molecule has 27 heavy (non-hydrogen) atoms. The first-order chi connectivity index (χ1) is 13.1. The molecule has 0 aliphatic carbocycles. The number of amides is 1. The van der Waals surface area contributed by atoms with E-state index in [1.165, 1.54) is 6.07 Å². The highest BCUT2D eigenvalue weighted by molar-refractivity contribution is 7.10. The SMILES string of the molecule is O=C(NCC(c1cccs1)c1c[nH]c2ccccc12)c1ccc(F)c(F)c1. The van der Waals surface area contributed by atoms with Gasteiger partial charge in [0.05, 0.1) is 0 Å². The normalized spacial score (nSPS) is 12.2. The lowest BCUT2D eigenvalue weighted by atomic mass is 9.96. The van der Waals surface area contributed by atoms with E-state index in [4.69, 9.17) is 0 Å². The van der Waals surface area contributed by atoms with Crippen molar-refractivity contribution in [2.24, 2.45) is 0 Å². The zero-order valence-electron chi connectivity index (χ0n) is 14.2. The van der Waals surface area contributed by atoms with Crippen molar-refractivity contribution < 1.29 is 13.6 Å². The summed E-state index contributed by atoms with van der Waals surface area (Å²) in [5.41, 5.74) is 2.21. The second kappa shape index (κ2) is 7.32. The van der Waals surface area contributed by atoms with Crippen molar-refractivity contribution in [2.75, 3.05) is 6.54 Å². The van der Waals surface area contributed by atoms with Crippen LogP contribution in [0.5, 0.6) is 0 Å². The number of halogens is 2. The van der Waals surface area contributed by atoms with Gasteiger partial charge < -0.3 is 10.3 Å². The zero-order valence-corrected chi connectivity index (χ0v) is 15.0. The van der Waals surface area contributed by atoms with Crippen LogP contribution in [0.15, 0.2) is 66.2 Å². The van der Waals surface area contributed by atoms with E-state index in [-0.39, 0.29) is 11.5 Å². The van der Waals surface area contributed by atoms with Gasteiger partial charge in [-0.3, -0.25) is 4.79 Å². The minimum atomic E-state index is -1.03. The summed E-state index contributed by atoms with van der Waals surface area (Å²) in [5.74, 6) is -2.48. The number of nitrogens with one attached hydrogen (secondary N) is 2. The Labute approximate surface area is 158 Å². The Morgan fingerprint density at radius 1 is 1.07 bits per heavy atom. The number of benzene rings is 2. The summed E-state index contributed by atoms with van der Waals surface area (Å²) in [4.78, 5) is 16.8. The van der Waals surface area contributed by atoms with Gasteiger partial charge in [-0.25, -0.2) is 8.78 Å². The number of aromatic nitrogens is 1. The molecule has 0 aliphatic rings. The predicted molar refractivity (Wildman–Crippen MR) is 103 cm³/mol. The molecule has 1 unspecified atom stereocenters. The molecular formula is C21H16F2N2OS. The van der Waals surface area contributed by atoms with E-state index in [9.17, 15) is 13.6 Å². The van der Waals surface area contributed by atoms with E-state index < -0.39 is 17.5 Å². The number of para-hydroxylation sites is 1. The fraction of sp³-hybridized carbons (Fsp3) is 0.0952. The number of hydrogen-bond acceptors (Lipinski definition) is 2. The fourth-order valence-electron chi connectivity index (χ4n) is 3.17. The number of carbonyl (C=O) groups excluding carboxylic acids is 1. The van der Waals surface area contributed by atoms with E-state index in [0.717, 1.165) is 33.5 Å². The topological polar surface area (TPSA) is 44.9 Å². The highest BCUT2D eigenvalue weighted by atomic mass is 32.1. The Morgan fingerprint density at radius 3 is 2.70 bits per heavy atom. The lowest BCUT2D eigenvalue weighted by Crippen LogP contribution is -2.28. The minimum Gasteiger partial charge on any atom is -0.361 e. The van der Waals surface area contributed by atoms with Crippen LogP contribution < -0.4 is 5.32 Å². The first-order valence-electron chi connectivity index (χ1n) is 8.46. The molecular weight excluding hydrogens is 366 g/mol. The van der Waals surface area contributed by atoms with Gasteiger partial charge >= 0.3 is 0 Å². The summed E-state index contributed by atoms with van der Waals surface area (Å²) in [6.45, 7) is 0.347. The van der Waals surface area contributed by atoms with Crippen LogP contribution in [0, 0.1) is 11.6 Å². The molecule has 136 valence electrons. The van der Waals surface area contributed by atoms with Gasteiger partial charge in [-0.15, -0.1) is 11.3 Å². The van der Waals surface area contributed by atoms with Gasteiger partial charge in [0.25, 0.3) is 5.91 Å². The third-order valence-electron chi connectivity index (χ3n) is 4.53. The lowest BCUT2D eigenvalue weighted by molar-refractivity contribution is 0.0952. The van der Waals surface area contributed by atoms with Gasteiger partial charge in [0.1, 0.15) is 0 Å². The van der Waals surface area contributed by atoms with Crippen molar-refractivity contribution in [3.8, 4) is 0 Å².